The van der Waals surface area contributed by atoms with Crippen molar-refractivity contribution in [1.82, 2.24) is 4.98 Å². The molecule has 1 aromatic heterocycles. The molecule has 4 nitrogen and oxygen atoms in total. The van der Waals surface area contributed by atoms with Gasteiger partial charge in [0.2, 0.25) is 0 Å². The minimum atomic E-state index is -0.0596. The fraction of sp³-hybridized carbons (Fsp3) is 0.267. The van der Waals surface area contributed by atoms with E-state index in [1.54, 1.807) is 13.3 Å². The van der Waals surface area contributed by atoms with Gasteiger partial charge in [-0.2, -0.15) is 0 Å². The molecule has 2 N–H and O–H groups in total. The number of nitrogens with zero attached hydrogens (tertiary/aromatic N) is 1. The second-order valence-corrected chi connectivity index (χ2v) is 4.34. The van der Waals surface area contributed by atoms with E-state index >= 15 is 0 Å². The Morgan fingerprint density at radius 1 is 1.11 bits per heavy atom. The van der Waals surface area contributed by atoms with Crippen LogP contribution in [0.15, 0.2) is 42.6 Å². The molecular formula is C15H18N2O2. The number of benzene rings is 1. The Labute approximate surface area is 113 Å². The van der Waals surface area contributed by atoms with Crippen LogP contribution in [-0.4, -0.2) is 12.1 Å². The summed E-state index contributed by atoms with van der Waals surface area (Å²) in [6.07, 6.45) is 1.70. The Hall–Kier alpha value is -2.07. The first kappa shape index (κ1) is 13.4. The van der Waals surface area contributed by atoms with Gasteiger partial charge in [-0.3, -0.25) is 4.98 Å². The molecule has 1 aromatic carbocycles. The largest absolute Gasteiger partial charge is 0.497 e. The van der Waals surface area contributed by atoms with Crippen molar-refractivity contribution >= 4 is 0 Å². The Bertz CT molecular complexity index is 507. The molecule has 0 bridgehead atoms. The average Bonchev–Trinajstić information content (AvgIpc) is 2.46. The van der Waals surface area contributed by atoms with E-state index in [0.717, 1.165) is 22.8 Å². The molecule has 0 spiro atoms. The highest BCUT2D eigenvalue weighted by Gasteiger charge is 2.02. The third kappa shape index (κ3) is 3.69. The van der Waals surface area contributed by atoms with Crippen molar-refractivity contribution < 1.29 is 9.47 Å². The molecule has 1 atom stereocenters. The third-order valence-corrected chi connectivity index (χ3v) is 2.79. The number of nitrogens with two attached hydrogens (primary N) is 1. The van der Waals surface area contributed by atoms with E-state index in [-0.39, 0.29) is 6.04 Å². The molecule has 100 valence electrons. The molecule has 0 saturated carbocycles. The highest BCUT2D eigenvalue weighted by atomic mass is 16.5. The van der Waals surface area contributed by atoms with Crippen LogP contribution in [0.5, 0.6) is 11.5 Å². The maximum absolute atomic E-state index is 5.74. The summed E-state index contributed by atoms with van der Waals surface area (Å²) in [7, 11) is 1.65. The van der Waals surface area contributed by atoms with Gasteiger partial charge in [-0.15, -0.1) is 0 Å². The van der Waals surface area contributed by atoms with Gasteiger partial charge in [-0.1, -0.05) is 12.1 Å². The molecule has 1 heterocycles. The van der Waals surface area contributed by atoms with Crippen LogP contribution in [0, 0.1) is 0 Å². The second-order valence-electron chi connectivity index (χ2n) is 4.34. The molecule has 0 radical (unpaired) electrons. The molecule has 0 aliphatic carbocycles. The third-order valence-electron chi connectivity index (χ3n) is 2.79. The number of aromatic nitrogens is 1. The monoisotopic (exact) mass is 258 g/mol. The number of ether oxygens (including phenoxy) is 2. The zero-order chi connectivity index (χ0) is 13.7. The van der Waals surface area contributed by atoms with Crippen LogP contribution < -0.4 is 15.2 Å². The van der Waals surface area contributed by atoms with E-state index in [2.05, 4.69) is 4.98 Å². The summed E-state index contributed by atoms with van der Waals surface area (Å²) in [5, 5.41) is 0. The standard InChI is InChI=1S/C15H18N2O2/c1-11(16)15-8-7-14(9-17-15)19-10-12-3-5-13(18-2)6-4-12/h3-9,11H,10,16H2,1-2H3. The van der Waals surface area contributed by atoms with Crippen molar-refractivity contribution in [2.75, 3.05) is 7.11 Å². The van der Waals surface area contributed by atoms with Crippen molar-refractivity contribution in [3.05, 3.63) is 53.9 Å². The number of rotatable bonds is 5. The fourth-order valence-corrected chi connectivity index (χ4v) is 1.63. The van der Waals surface area contributed by atoms with Crippen LogP contribution in [-0.2, 0) is 6.61 Å². The van der Waals surface area contributed by atoms with Gasteiger partial charge in [0.25, 0.3) is 0 Å². The maximum atomic E-state index is 5.74. The predicted octanol–water partition coefficient (Wildman–Crippen LogP) is 2.69. The topological polar surface area (TPSA) is 57.4 Å². The molecule has 0 aliphatic rings. The zero-order valence-corrected chi connectivity index (χ0v) is 11.2. The van der Waals surface area contributed by atoms with Gasteiger partial charge in [0.15, 0.2) is 0 Å². The van der Waals surface area contributed by atoms with E-state index in [1.165, 1.54) is 0 Å². The van der Waals surface area contributed by atoms with Crippen LogP contribution in [0.3, 0.4) is 0 Å². The predicted molar refractivity (Wildman–Crippen MR) is 74.2 cm³/mol. The molecule has 19 heavy (non-hydrogen) atoms. The highest BCUT2D eigenvalue weighted by Crippen LogP contribution is 2.16. The first-order valence-electron chi connectivity index (χ1n) is 6.16. The van der Waals surface area contributed by atoms with Crippen molar-refractivity contribution in [1.29, 1.82) is 0 Å². The van der Waals surface area contributed by atoms with Crippen LogP contribution in [0.4, 0.5) is 0 Å². The summed E-state index contributed by atoms with van der Waals surface area (Å²) in [5.41, 5.74) is 7.68. The number of hydrogen-bond acceptors (Lipinski definition) is 4. The quantitative estimate of drug-likeness (QED) is 0.895. The Morgan fingerprint density at radius 3 is 2.32 bits per heavy atom. The van der Waals surface area contributed by atoms with Crippen molar-refractivity contribution in [3.63, 3.8) is 0 Å². The summed E-state index contributed by atoms with van der Waals surface area (Å²) in [4.78, 5) is 4.25. The average molecular weight is 258 g/mol. The maximum Gasteiger partial charge on any atom is 0.138 e. The molecule has 0 aliphatic heterocycles. The van der Waals surface area contributed by atoms with Crippen molar-refractivity contribution in [3.8, 4) is 11.5 Å². The molecule has 0 amide bonds. The molecule has 2 aromatic rings. The lowest BCUT2D eigenvalue weighted by Crippen LogP contribution is -2.07. The number of methoxy groups -OCH3 is 1. The lowest BCUT2D eigenvalue weighted by atomic mass is 10.2. The SMILES string of the molecule is COc1ccc(COc2ccc(C(C)N)nc2)cc1. The van der Waals surface area contributed by atoms with E-state index in [0.29, 0.717) is 6.61 Å². The minimum absolute atomic E-state index is 0.0596. The van der Waals surface area contributed by atoms with Crippen molar-refractivity contribution in [2.24, 2.45) is 5.73 Å². The van der Waals surface area contributed by atoms with E-state index in [4.69, 9.17) is 15.2 Å². The zero-order valence-electron chi connectivity index (χ0n) is 11.2. The van der Waals surface area contributed by atoms with Gasteiger partial charge in [-0.05, 0) is 36.8 Å². The Morgan fingerprint density at radius 2 is 1.79 bits per heavy atom. The first-order valence-corrected chi connectivity index (χ1v) is 6.16. The van der Waals surface area contributed by atoms with Crippen LogP contribution in [0.1, 0.15) is 24.2 Å². The van der Waals surface area contributed by atoms with E-state index in [9.17, 15) is 0 Å². The molecule has 0 saturated heterocycles. The van der Waals surface area contributed by atoms with Crippen LogP contribution in [0.2, 0.25) is 0 Å². The Kier molecular flexibility index (Phi) is 4.36. The van der Waals surface area contributed by atoms with E-state index in [1.807, 2.05) is 43.3 Å². The number of hydrogen-bond donors (Lipinski definition) is 1. The van der Waals surface area contributed by atoms with Gasteiger partial charge >= 0.3 is 0 Å². The van der Waals surface area contributed by atoms with Gasteiger partial charge < -0.3 is 15.2 Å². The summed E-state index contributed by atoms with van der Waals surface area (Å²) in [5.74, 6) is 1.58. The summed E-state index contributed by atoms with van der Waals surface area (Å²) < 4.78 is 10.8. The summed E-state index contributed by atoms with van der Waals surface area (Å²) in [6, 6.07) is 11.5. The van der Waals surface area contributed by atoms with Gasteiger partial charge in [0.05, 0.1) is 19.0 Å². The Balaban J connectivity index is 1.94. The lowest BCUT2D eigenvalue weighted by molar-refractivity contribution is 0.304. The minimum Gasteiger partial charge on any atom is -0.497 e. The van der Waals surface area contributed by atoms with Crippen LogP contribution >= 0.6 is 0 Å². The van der Waals surface area contributed by atoms with Gasteiger partial charge in [-0.25, -0.2) is 0 Å². The summed E-state index contributed by atoms with van der Waals surface area (Å²) >= 11 is 0. The van der Waals surface area contributed by atoms with Gasteiger partial charge in [0.1, 0.15) is 18.1 Å². The fourth-order valence-electron chi connectivity index (χ4n) is 1.63. The smallest absolute Gasteiger partial charge is 0.138 e. The molecule has 4 heteroatoms. The molecule has 1 unspecified atom stereocenters. The molecule has 0 fully saturated rings. The second kappa shape index (κ2) is 6.20. The van der Waals surface area contributed by atoms with Gasteiger partial charge in [0, 0.05) is 6.04 Å². The van der Waals surface area contributed by atoms with Crippen molar-refractivity contribution in [2.45, 2.75) is 19.6 Å². The first-order chi connectivity index (χ1) is 9.19. The van der Waals surface area contributed by atoms with E-state index < -0.39 is 0 Å². The van der Waals surface area contributed by atoms with Crippen LogP contribution in [0.25, 0.3) is 0 Å². The normalized spacial score (nSPS) is 11.9. The number of pyridine rings is 1. The summed E-state index contributed by atoms with van der Waals surface area (Å²) in [6.45, 7) is 2.41. The molecular weight excluding hydrogens is 240 g/mol. The molecule has 2 rings (SSSR count). The highest BCUT2D eigenvalue weighted by molar-refractivity contribution is 5.27. The lowest BCUT2D eigenvalue weighted by Gasteiger charge is -2.08.